The van der Waals surface area contributed by atoms with Crippen LogP contribution in [0.25, 0.3) is 0 Å². The van der Waals surface area contributed by atoms with E-state index in [2.05, 4.69) is 31.5 Å². The number of para-hydroxylation sites is 1. The van der Waals surface area contributed by atoms with Crippen LogP contribution in [-0.4, -0.2) is 31.2 Å². The summed E-state index contributed by atoms with van der Waals surface area (Å²) in [5, 5.41) is 15.6. The molecular weight excluding hydrogens is 435 g/mol. The van der Waals surface area contributed by atoms with Gasteiger partial charge in [0, 0.05) is 30.7 Å². The van der Waals surface area contributed by atoms with E-state index in [1.807, 2.05) is 4.90 Å². The van der Waals surface area contributed by atoms with Crippen LogP contribution in [0.5, 0.6) is 0 Å². The zero-order chi connectivity index (χ0) is 19.9. The minimum atomic E-state index is -4.65. The number of aromatic nitrogens is 1. The smallest absolute Gasteiger partial charge is 0.356 e. The average molecular weight is 452 g/mol. The summed E-state index contributed by atoms with van der Waals surface area (Å²) in [4.78, 5) is 6.30. The van der Waals surface area contributed by atoms with Crippen LogP contribution >= 0.6 is 15.9 Å². The molecule has 2 aliphatic heterocycles. The lowest BCUT2D eigenvalue weighted by Crippen LogP contribution is -2.27. The molecule has 146 valence electrons. The number of alkyl halides is 3. The lowest BCUT2D eigenvalue weighted by molar-refractivity contribution is -0.137. The largest absolute Gasteiger partial charge is 0.417 e. The third-order valence-electron chi connectivity index (χ3n) is 5.26. The fraction of sp³-hybridized carbons (Fsp3) is 0.368. The Morgan fingerprint density at radius 3 is 2.50 bits per heavy atom. The summed E-state index contributed by atoms with van der Waals surface area (Å²) in [5.74, 6) is 0.975. The minimum Gasteiger partial charge on any atom is -0.356 e. The van der Waals surface area contributed by atoms with Crippen LogP contribution in [0, 0.1) is 23.2 Å². The van der Waals surface area contributed by atoms with Gasteiger partial charge in [-0.1, -0.05) is 12.1 Å². The molecular formula is C19H17BrF3N5. The summed E-state index contributed by atoms with van der Waals surface area (Å²) in [5.41, 5.74) is -0.933. The number of nitriles is 1. The monoisotopic (exact) mass is 451 g/mol. The van der Waals surface area contributed by atoms with Gasteiger partial charge in [-0.2, -0.15) is 18.4 Å². The van der Waals surface area contributed by atoms with Crippen LogP contribution in [0.4, 0.5) is 30.5 Å². The number of pyridine rings is 1. The molecule has 2 saturated heterocycles. The molecule has 9 heteroatoms. The summed E-state index contributed by atoms with van der Waals surface area (Å²) >= 11 is 3.36. The van der Waals surface area contributed by atoms with Gasteiger partial charge < -0.3 is 15.5 Å². The molecule has 2 N–H and O–H groups in total. The molecule has 2 aliphatic rings. The van der Waals surface area contributed by atoms with Crippen molar-refractivity contribution in [2.75, 3.05) is 36.4 Å². The molecule has 1 aromatic heterocycles. The van der Waals surface area contributed by atoms with E-state index in [4.69, 9.17) is 0 Å². The van der Waals surface area contributed by atoms with Crippen molar-refractivity contribution in [3.63, 3.8) is 0 Å². The van der Waals surface area contributed by atoms with Gasteiger partial charge in [0.05, 0.1) is 11.3 Å². The van der Waals surface area contributed by atoms with Gasteiger partial charge in [-0.3, -0.25) is 0 Å². The normalized spacial score (nSPS) is 21.5. The molecule has 2 fully saturated rings. The van der Waals surface area contributed by atoms with Crippen LogP contribution in [0.15, 0.2) is 34.8 Å². The van der Waals surface area contributed by atoms with Crippen molar-refractivity contribution in [2.45, 2.75) is 6.18 Å². The number of halogens is 4. The second kappa shape index (κ2) is 7.26. The van der Waals surface area contributed by atoms with Crippen molar-refractivity contribution in [2.24, 2.45) is 11.8 Å². The summed E-state index contributed by atoms with van der Waals surface area (Å²) in [7, 11) is 0. The highest BCUT2D eigenvalue weighted by molar-refractivity contribution is 9.10. The van der Waals surface area contributed by atoms with Crippen LogP contribution < -0.4 is 15.5 Å². The molecule has 0 bridgehead atoms. The predicted molar refractivity (Wildman–Crippen MR) is 103 cm³/mol. The quantitative estimate of drug-likeness (QED) is 0.734. The number of nitrogens with zero attached hydrogens (tertiary/aromatic N) is 3. The van der Waals surface area contributed by atoms with Gasteiger partial charge in [-0.05, 0) is 46.0 Å². The van der Waals surface area contributed by atoms with E-state index >= 15 is 0 Å². The standard InChI is InChI=1S/C19H17BrF3N5/c20-15-3-1-2-4-16(15)26-18-13(6-24)14(19(21,22)23)5-17(27-18)28-9-11-7-25-8-12(11)10-28/h1-5,11-12,25H,7-10H2,(H,26,27)/t11-,12+. The molecule has 0 unspecified atom stereocenters. The highest BCUT2D eigenvalue weighted by Gasteiger charge is 2.40. The van der Waals surface area contributed by atoms with Gasteiger partial charge in [0.1, 0.15) is 17.5 Å². The third-order valence-corrected chi connectivity index (χ3v) is 5.96. The molecule has 0 amide bonds. The Kier molecular flexibility index (Phi) is 4.93. The summed E-state index contributed by atoms with van der Waals surface area (Å²) < 4.78 is 41.7. The number of hydrogen-bond acceptors (Lipinski definition) is 5. The van der Waals surface area contributed by atoms with E-state index in [0.29, 0.717) is 35.1 Å². The maximum absolute atomic E-state index is 13.7. The second-order valence-corrected chi connectivity index (χ2v) is 7.90. The van der Waals surface area contributed by atoms with Gasteiger partial charge in [-0.15, -0.1) is 0 Å². The molecule has 1 aromatic carbocycles. The van der Waals surface area contributed by atoms with Crippen molar-refractivity contribution < 1.29 is 13.2 Å². The lowest BCUT2D eigenvalue weighted by atomic mass is 10.0. The second-order valence-electron chi connectivity index (χ2n) is 7.05. The average Bonchev–Trinajstić information content (AvgIpc) is 3.24. The number of hydrogen-bond donors (Lipinski definition) is 2. The first-order valence-corrected chi connectivity index (χ1v) is 9.65. The van der Waals surface area contributed by atoms with Crippen LogP contribution in [-0.2, 0) is 6.18 Å². The molecule has 0 saturated carbocycles. The summed E-state index contributed by atoms with van der Waals surface area (Å²) in [6, 6.07) is 9.69. The first-order valence-electron chi connectivity index (χ1n) is 8.86. The molecule has 2 aromatic rings. The lowest BCUT2D eigenvalue weighted by Gasteiger charge is -2.22. The van der Waals surface area contributed by atoms with Crippen molar-refractivity contribution in [3.8, 4) is 6.07 Å². The number of rotatable bonds is 3. The molecule has 3 heterocycles. The third kappa shape index (κ3) is 3.54. The van der Waals surface area contributed by atoms with E-state index in [9.17, 15) is 18.4 Å². The highest BCUT2D eigenvalue weighted by atomic mass is 79.9. The Morgan fingerprint density at radius 1 is 1.21 bits per heavy atom. The zero-order valence-corrected chi connectivity index (χ0v) is 16.3. The van der Waals surface area contributed by atoms with Gasteiger partial charge in [0.25, 0.3) is 0 Å². The van der Waals surface area contributed by atoms with Crippen molar-refractivity contribution in [1.29, 1.82) is 5.26 Å². The van der Waals surface area contributed by atoms with E-state index in [1.165, 1.54) is 0 Å². The molecule has 5 nitrogen and oxygen atoms in total. The maximum Gasteiger partial charge on any atom is 0.417 e. The first-order chi connectivity index (χ1) is 13.4. The minimum absolute atomic E-state index is 0.0885. The Morgan fingerprint density at radius 2 is 1.89 bits per heavy atom. The Bertz CT molecular complexity index is 928. The van der Waals surface area contributed by atoms with E-state index in [0.717, 1.165) is 19.2 Å². The number of nitrogens with one attached hydrogen (secondary N) is 2. The van der Waals surface area contributed by atoms with Crippen molar-refractivity contribution in [3.05, 3.63) is 45.9 Å². The van der Waals surface area contributed by atoms with E-state index in [-0.39, 0.29) is 11.6 Å². The van der Waals surface area contributed by atoms with Crippen LogP contribution in [0.1, 0.15) is 11.1 Å². The molecule has 4 rings (SSSR count). The van der Waals surface area contributed by atoms with Gasteiger partial charge >= 0.3 is 6.18 Å². The SMILES string of the molecule is N#Cc1c(C(F)(F)F)cc(N2C[C@H]3CNC[C@H]3C2)nc1Nc1ccccc1Br. The summed E-state index contributed by atoms with van der Waals surface area (Å²) in [6.07, 6.45) is -4.65. The van der Waals surface area contributed by atoms with Gasteiger partial charge in [0.15, 0.2) is 5.82 Å². The Hall–Kier alpha value is -2.31. The van der Waals surface area contributed by atoms with E-state index in [1.54, 1.807) is 30.3 Å². The van der Waals surface area contributed by atoms with Crippen molar-refractivity contribution in [1.82, 2.24) is 10.3 Å². The molecule has 0 aliphatic carbocycles. The predicted octanol–water partition coefficient (Wildman–Crippen LogP) is 4.13. The van der Waals surface area contributed by atoms with Crippen LogP contribution in [0.3, 0.4) is 0 Å². The number of anilines is 3. The fourth-order valence-electron chi connectivity index (χ4n) is 3.85. The van der Waals surface area contributed by atoms with E-state index < -0.39 is 17.3 Å². The molecule has 28 heavy (non-hydrogen) atoms. The number of benzene rings is 1. The van der Waals surface area contributed by atoms with Crippen LogP contribution in [0.2, 0.25) is 0 Å². The van der Waals surface area contributed by atoms with Gasteiger partial charge in [-0.25, -0.2) is 4.98 Å². The molecule has 2 atom stereocenters. The fourth-order valence-corrected chi connectivity index (χ4v) is 4.24. The zero-order valence-electron chi connectivity index (χ0n) is 14.7. The Labute approximate surface area is 168 Å². The molecule has 0 spiro atoms. The Balaban J connectivity index is 1.77. The highest BCUT2D eigenvalue weighted by Crippen LogP contribution is 2.39. The maximum atomic E-state index is 13.7. The first kappa shape index (κ1) is 19.0. The molecule has 0 radical (unpaired) electrons. The van der Waals surface area contributed by atoms with Gasteiger partial charge in [0.2, 0.25) is 0 Å². The number of fused-ring (bicyclic) bond motifs is 1. The van der Waals surface area contributed by atoms with Crippen molar-refractivity contribution >= 4 is 33.3 Å². The topological polar surface area (TPSA) is 64.0 Å². The summed E-state index contributed by atoms with van der Waals surface area (Å²) in [6.45, 7) is 3.04.